The molecule has 0 aliphatic carbocycles. The summed E-state index contributed by atoms with van der Waals surface area (Å²) in [5, 5.41) is 12.4. The molecule has 0 aliphatic heterocycles. The summed E-state index contributed by atoms with van der Waals surface area (Å²) in [6.07, 6.45) is 1.50. The number of ether oxygens (including phenoxy) is 1. The second-order valence-electron chi connectivity index (χ2n) is 5.65. The van der Waals surface area contributed by atoms with Gasteiger partial charge in [-0.15, -0.1) is 0 Å². The highest BCUT2D eigenvalue weighted by molar-refractivity contribution is 5.94. The second-order valence-corrected chi connectivity index (χ2v) is 5.65. The van der Waals surface area contributed by atoms with Crippen LogP contribution in [0.3, 0.4) is 0 Å². The Bertz CT molecular complexity index is 785. The zero-order valence-electron chi connectivity index (χ0n) is 14.5. The van der Waals surface area contributed by atoms with Gasteiger partial charge in [0.2, 0.25) is 5.91 Å². The molecule has 8 nitrogen and oxygen atoms in total. The molecule has 0 bridgehead atoms. The number of carbonyl (C=O) groups excluding carboxylic acids is 3. The van der Waals surface area contributed by atoms with E-state index in [1.54, 1.807) is 31.2 Å². The van der Waals surface area contributed by atoms with Crippen molar-refractivity contribution in [1.82, 2.24) is 10.2 Å². The summed E-state index contributed by atoms with van der Waals surface area (Å²) in [6.45, 7) is 1.14. The number of benzene rings is 1. The van der Waals surface area contributed by atoms with Gasteiger partial charge < -0.3 is 24.5 Å². The molecule has 0 aliphatic rings. The number of nitrogens with zero attached hydrogens (tertiary/aromatic N) is 1. The number of esters is 1. The third-order valence-corrected chi connectivity index (χ3v) is 3.63. The summed E-state index contributed by atoms with van der Waals surface area (Å²) in [7, 11) is 1.42. The number of amides is 2. The second kappa shape index (κ2) is 8.70. The summed E-state index contributed by atoms with van der Waals surface area (Å²) in [4.78, 5) is 36.9. The van der Waals surface area contributed by atoms with Crippen LogP contribution in [0.4, 0.5) is 0 Å². The fourth-order valence-corrected chi connectivity index (χ4v) is 2.10. The predicted molar refractivity (Wildman–Crippen MR) is 91.3 cm³/mol. The van der Waals surface area contributed by atoms with Gasteiger partial charge in [-0.2, -0.15) is 0 Å². The molecule has 2 aromatic rings. The van der Waals surface area contributed by atoms with Gasteiger partial charge in [-0.1, -0.05) is 12.1 Å². The SMILES string of the molecule is Cc1cccc(C(=O)OCC(=O)N(C)CC(=O)NCc2ccco2)c1O. The van der Waals surface area contributed by atoms with E-state index in [-0.39, 0.29) is 30.3 Å². The smallest absolute Gasteiger partial charge is 0.342 e. The summed E-state index contributed by atoms with van der Waals surface area (Å²) in [5.74, 6) is -1.32. The maximum absolute atomic E-state index is 12.0. The highest BCUT2D eigenvalue weighted by Crippen LogP contribution is 2.21. The van der Waals surface area contributed by atoms with E-state index in [2.05, 4.69) is 5.32 Å². The van der Waals surface area contributed by atoms with E-state index < -0.39 is 18.5 Å². The van der Waals surface area contributed by atoms with Crippen LogP contribution < -0.4 is 5.32 Å². The van der Waals surface area contributed by atoms with Gasteiger partial charge in [0, 0.05) is 7.05 Å². The Morgan fingerprint density at radius 3 is 2.69 bits per heavy atom. The van der Waals surface area contributed by atoms with Crippen LogP contribution in [0.1, 0.15) is 21.7 Å². The molecular formula is C18H20N2O6. The third kappa shape index (κ3) is 5.10. The number of aryl methyl sites for hydroxylation is 1. The number of phenolic OH excluding ortho intramolecular Hbond substituents is 1. The molecule has 0 radical (unpaired) electrons. The average Bonchev–Trinajstić information content (AvgIpc) is 3.13. The molecule has 0 unspecified atom stereocenters. The van der Waals surface area contributed by atoms with E-state index >= 15 is 0 Å². The van der Waals surface area contributed by atoms with Crippen LogP contribution in [0, 0.1) is 6.92 Å². The van der Waals surface area contributed by atoms with Crippen molar-refractivity contribution in [3.8, 4) is 5.75 Å². The van der Waals surface area contributed by atoms with E-state index in [4.69, 9.17) is 9.15 Å². The maximum atomic E-state index is 12.0. The number of carbonyl (C=O) groups is 3. The first-order valence-corrected chi connectivity index (χ1v) is 7.87. The number of aromatic hydroxyl groups is 1. The first-order valence-electron chi connectivity index (χ1n) is 7.87. The minimum absolute atomic E-state index is 0.0170. The largest absolute Gasteiger partial charge is 0.507 e. The van der Waals surface area contributed by atoms with E-state index in [1.807, 2.05) is 0 Å². The molecule has 0 atom stereocenters. The lowest BCUT2D eigenvalue weighted by atomic mass is 10.1. The Labute approximate surface area is 150 Å². The van der Waals surface area contributed by atoms with Gasteiger partial charge >= 0.3 is 5.97 Å². The number of hydrogen-bond acceptors (Lipinski definition) is 6. The molecule has 0 saturated heterocycles. The zero-order chi connectivity index (χ0) is 19.1. The average molecular weight is 360 g/mol. The van der Waals surface area contributed by atoms with Crippen molar-refractivity contribution in [2.24, 2.45) is 0 Å². The van der Waals surface area contributed by atoms with Gasteiger partial charge in [0.1, 0.15) is 17.1 Å². The fourth-order valence-electron chi connectivity index (χ4n) is 2.10. The standard InChI is InChI=1S/C18H20N2O6/c1-12-5-3-7-14(17(12)23)18(24)26-11-16(22)20(2)10-15(21)19-9-13-6-4-8-25-13/h3-8,23H,9-11H2,1-2H3,(H,19,21). The molecule has 1 aromatic heterocycles. The fraction of sp³-hybridized carbons (Fsp3) is 0.278. The molecular weight excluding hydrogens is 340 g/mol. The van der Waals surface area contributed by atoms with Gasteiger partial charge in [-0.3, -0.25) is 9.59 Å². The normalized spacial score (nSPS) is 10.2. The summed E-state index contributed by atoms with van der Waals surface area (Å²) in [5.41, 5.74) is 0.507. The quantitative estimate of drug-likeness (QED) is 0.719. The molecule has 1 aromatic carbocycles. The van der Waals surface area contributed by atoms with Crippen LogP contribution >= 0.6 is 0 Å². The van der Waals surface area contributed by atoms with E-state index in [9.17, 15) is 19.5 Å². The van der Waals surface area contributed by atoms with Crippen LogP contribution in [0.2, 0.25) is 0 Å². The first kappa shape index (κ1) is 19.0. The van der Waals surface area contributed by atoms with Gasteiger partial charge in [0.15, 0.2) is 6.61 Å². The Morgan fingerprint density at radius 2 is 2.00 bits per heavy atom. The summed E-state index contributed by atoms with van der Waals surface area (Å²) >= 11 is 0. The van der Waals surface area contributed by atoms with Crippen molar-refractivity contribution in [3.63, 3.8) is 0 Å². The minimum Gasteiger partial charge on any atom is -0.507 e. The lowest BCUT2D eigenvalue weighted by Crippen LogP contribution is -2.39. The summed E-state index contributed by atoms with van der Waals surface area (Å²) in [6, 6.07) is 8.07. The van der Waals surface area contributed by atoms with Crippen molar-refractivity contribution in [2.75, 3.05) is 20.2 Å². The zero-order valence-corrected chi connectivity index (χ0v) is 14.5. The highest BCUT2D eigenvalue weighted by Gasteiger charge is 2.18. The number of nitrogens with one attached hydrogen (secondary N) is 1. The van der Waals surface area contributed by atoms with Crippen LogP contribution in [0.15, 0.2) is 41.0 Å². The number of rotatable bonds is 7. The maximum Gasteiger partial charge on any atom is 0.342 e. The molecule has 138 valence electrons. The highest BCUT2D eigenvalue weighted by atomic mass is 16.5. The van der Waals surface area contributed by atoms with Crippen LogP contribution in [0.25, 0.3) is 0 Å². The molecule has 0 saturated carbocycles. The molecule has 2 amide bonds. The van der Waals surface area contributed by atoms with Crippen LogP contribution in [0.5, 0.6) is 5.75 Å². The van der Waals surface area contributed by atoms with Crippen molar-refractivity contribution >= 4 is 17.8 Å². The van der Waals surface area contributed by atoms with Gasteiger partial charge in [0.25, 0.3) is 5.91 Å². The van der Waals surface area contributed by atoms with E-state index in [0.29, 0.717) is 11.3 Å². The van der Waals surface area contributed by atoms with Gasteiger partial charge in [0.05, 0.1) is 19.4 Å². The molecule has 26 heavy (non-hydrogen) atoms. The Hall–Kier alpha value is -3.29. The summed E-state index contributed by atoms with van der Waals surface area (Å²) < 4.78 is 10.00. The topological polar surface area (TPSA) is 109 Å². The number of furan rings is 1. The van der Waals surface area contributed by atoms with E-state index in [0.717, 1.165) is 4.90 Å². The van der Waals surface area contributed by atoms with Gasteiger partial charge in [-0.05, 0) is 30.7 Å². The predicted octanol–water partition coefficient (Wildman–Crippen LogP) is 1.23. The van der Waals surface area contributed by atoms with Crippen molar-refractivity contribution in [3.05, 3.63) is 53.5 Å². The van der Waals surface area contributed by atoms with Crippen LogP contribution in [-0.2, 0) is 20.9 Å². The lowest BCUT2D eigenvalue weighted by molar-refractivity contribution is -0.137. The van der Waals surface area contributed by atoms with Crippen LogP contribution in [-0.4, -0.2) is 48.0 Å². The number of hydrogen-bond donors (Lipinski definition) is 2. The third-order valence-electron chi connectivity index (χ3n) is 3.63. The van der Waals surface area contributed by atoms with Crippen molar-refractivity contribution in [2.45, 2.75) is 13.5 Å². The first-order chi connectivity index (χ1) is 12.4. The Kier molecular flexibility index (Phi) is 6.37. The van der Waals surface area contributed by atoms with E-state index in [1.165, 1.54) is 19.4 Å². The molecule has 2 rings (SSSR count). The number of phenols is 1. The number of likely N-dealkylation sites (N-methyl/N-ethyl adjacent to an activating group) is 1. The minimum atomic E-state index is -0.810. The number of para-hydroxylation sites is 1. The monoisotopic (exact) mass is 360 g/mol. The molecule has 1 heterocycles. The van der Waals surface area contributed by atoms with Gasteiger partial charge in [-0.25, -0.2) is 4.79 Å². The lowest BCUT2D eigenvalue weighted by Gasteiger charge is -2.16. The molecule has 8 heteroatoms. The van der Waals surface area contributed by atoms with Crippen molar-refractivity contribution in [1.29, 1.82) is 0 Å². The van der Waals surface area contributed by atoms with Crippen molar-refractivity contribution < 1.29 is 28.6 Å². The Morgan fingerprint density at radius 1 is 1.23 bits per heavy atom. The molecule has 0 fully saturated rings. The Balaban J connectivity index is 1.78. The molecule has 0 spiro atoms. The molecule has 2 N–H and O–H groups in total.